The third-order valence-electron chi connectivity index (χ3n) is 3.60. The number of ether oxygens (including phenoxy) is 1. The minimum atomic E-state index is 0.870. The summed E-state index contributed by atoms with van der Waals surface area (Å²) in [4.78, 5) is 5.03. The van der Waals surface area contributed by atoms with Crippen molar-refractivity contribution in [3.05, 3.63) is 18.0 Å². The van der Waals surface area contributed by atoms with E-state index in [2.05, 4.69) is 21.0 Å². The molecule has 0 aliphatic carbocycles. The number of rotatable bonds is 6. The number of piperazine rings is 1. The predicted molar refractivity (Wildman–Crippen MR) is 71.4 cm³/mol. The molecule has 0 atom stereocenters. The zero-order chi connectivity index (χ0) is 12.8. The molecule has 1 fully saturated rings. The maximum Gasteiger partial charge on any atom is 0.0521 e. The van der Waals surface area contributed by atoms with E-state index in [1.165, 1.54) is 18.8 Å². The van der Waals surface area contributed by atoms with Gasteiger partial charge in [0.25, 0.3) is 0 Å². The first kappa shape index (κ1) is 13.5. The van der Waals surface area contributed by atoms with Gasteiger partial charge >= 0.3 is 0 Å². The Bertz CT molecular complexity index is 345. The molecule has 1 aromatic rings. The van der Waals surface area contributed by atoms with Gasteiger partial charge in [-0.05, 0) is 12.5 Å². The highest BCUT2D eigenvalue weighted by Crippen LogP contribution is 2.07. The topological polar surface area (TPSA) is 33.5 Å². The van der Waals surface area contributed by atoms with E-state index < -0.39 is 0 Å². The highest BCUT2D eigenvalue weighted by atomic mass is 16.5. The number of aromatic nitrogens is 2. The summed E-state index contributed by atoms with van der Waals surface area (Å²) in [6.45, 7) is 7.69. The minimum absolute atomic E-state index is 0.870. The van der Waals surface area contributed by atoms with Crippen LogP contribution in [0.1, 0.15) is 12.1 Å². The summed E-state index contributed by atoms with van der Waals surface area (Å²) in [6, 6.07) is 2.10. The van der Waals surface area contributed by atoms with Gasteiger partial charge in [-0.2, -0.15) is 5.10 Å². The van der Waals surface area contributed by atoms with Crippen LogP contribution in [0.15, 0.2) is 12.3 Å². The van der Waals surface area contributed by atoms with Crippen molar-refractivity contribution >= 4 is 0 Å². The van der Waals surface area contributed by atoms with Crippen LogP contribution in [0.3, 0.4) is 0 Å². The second-order valence-electron chi connectivity index (χ2n) is 4.91. The lowest BCUT2D eigenvalue weighted by Gasteiger charge is -2.34. The van der Waals surface area contributed by atoms with Crippen LogP contribution in [0.4, 0.5) is 0 Å². The normalized spacial score (nSPS) is 18.3. The van der Waals surface area contributed by atoms with Crippen molar-refractivity contribution in [1.29, 1.82) is 0 Å². The highest BCUT2D eigenvalue weighted by Gasteiger charge is 2.17. The van der Waals surface area contributed by atoms with Crippen molar-refractivity contribution in [3.8, 4) is 0 Å². The summed E-state index contributed by atoms with van der Waals surface area (Å²) in [7, 11) is 3.78. The average Bonchev–Trinajstić information content (AvgIpc) is 2.78. The summed E-state index contributed by atoms with van der Waals surface area (Å²) in [6.07, 6.45) is 3.01. The summed E-state index contributed by atoms with van der Waals surface area (Å²) in [5.74, 6) is 0. The number of hydrogen-bond acceptors (Lipinski definition) is 4. The van der Waals surface area contributed by atoms with Gasteiger partial charge in [0.1, 0.15) is 0 Å². The molecule has 18 heavy (non-hydrogen) atoms. The second-order valence-corrected chi connectivity index (χ2v) is 4.91. The molecule has 1 aromatic heterocycles. The second kappa shape index (κ2) is 6.87. The molecule has 0 N–H and O–H groups in total. The van der Waals surface area contributed by atoms with Crippen LogP contribution in [-0.4, -0.2) is 66.0 Å². The number of methoxy groups -OCH3 is 1. The fourth-order valence-corrected chi connectivity index (χ4v) is 2.39. The molecule has 2 heterocycles. The smallest absolute Gasteiger partial charge is 0.0521 e. The van der Waals surface area contributed by atoms with Crippen LogP contribution in [0.5, 0.6) is 0 Å². The third kappa shape index (κ3) is 3.80. The maximum absolute atomic E-state index is 5.09. The molecule has 2 rings (SSSR count). The Labute approximate surface area is 109 Å². The first-order valence-corrected chi connectivity index (χ1v) is 6.70. The lowest BCUT2D eigenvalue weighted by atomic mass is 10.2. The first-order valence-electron chi connectivity index (χ1n) is 6.70. The summed E-state index contributed by atoms with van der Waals surface area (Å²) < 4.78 is 7.05. The number of nitrogens with zero attached hydrogens (tertiary/aromatic N) is 4. The van der Waals surface area contributed by atoms with Crippen LogP contribution < -0.4 is 0 Å². The Morgan fingerprint density at radius 3 is 2.56 bits per heavy atom. The lowest BCUT2D eigenvalue weighted by Crippen LogP contribution is -2.46. The van der Waals surface area contributed by atoms with E-state index in [1.807, 2.05) is 17.9 Å². The van der Waals surface area contributed by atoms with Crippen LogP contribution in [0, 0.1) is 0 Å². The maximum atomic E-state index is 5.09. The molecule has 0 radical (unpaired) electrons. The Hall–Kier alpha value is -0.910. The number of aryl methyl sites for hydroxylation is 1. The van der Waals surface area contributed by atoms with E-state index in [0.29, 0.717) is 0 Å². The molecule has 0 unspecified atom stereocenters. The van der Waals surface area contributed by atoms with Crippen molar-refractivity contribution in [2.75, 3.05) is 46.4 Å². The van der Waals surface area contributed by atoms with Crippen LogP contribution in [0.25, 0.3) is 0 Å². The molecule has 0 spiro atoms. The van der Waals surface area contributed by atoms with E-state index in [9.17, 15) is 0 Å². The van der Waals surface area contributed by atoms with Gasteiger partial charge in [0.15, 0.2) is 0 Å². The van der Waals surface area contributed by atoms with Gasteiger partial charge < -0.3 is 9.64 Å². The van der Waals surface area contributed by atoms with Crippen molar-refractivity contribution in [2.45, 2.75) is 13.0 Å². The lowest BCUT2D eigenvalue weighted by molar-refractivity contribution is 0.111. The Morgan fingerprint density at radius 2 is 1.94 bits per heavy atom. The summed E-state index contributed by atoms with van der Waals surface area (Å²) in [5, 5.41) is 4.21. The predicted octanol–water partition coefficient (Wildman–Crippen LogP) is 0.574. The summed E-state index contributed by atoms with van der Waals surface area (Å²) in [5.41, 5.74) is 1.29. The molecule has 5 heteroatoms. The fourth-order valence-electron chi connectivity index (χ4n) is 2.39. The van der Waals surface area contributed by atoms with E-state index in [1.54, 1.807) is 7.11 Å². The van der Waals surface area contributed by atoms with E-state index in [0.717, 1.165) is 39.2 Å². The van der Waals surface area contributed by atoms with Crippen molar-refractivity contribution in [1.82, 2.24) is 19.6 Å². The molecule has 0 bridgehead atoms. The van der Waals surface area contributed by atoms with Gasteiger partial charge in [-0.25, -0.2) is 0 Å². The third-order valence-corrected chi connectivity index (χ3v) is 3.60. The van der Waals surface area contributed by atoms with Crippen LogP contribution in [-0.2, 0) is 18.3 Å². The molecule has 1 saturated heterocycles. The monoisotopic (exact) mass is 252 g/mol. The van der Waals surface area contributed by atoms with Crippen LogP contribution >= 0.6 is 0 Å². The molecular weight excluding hydrogens is 228 g/mol. The van der Waals surface area contributed by atoms with Gasteiger partial charge in [-0.15, -0.1) is 0 Å². The zero-order valence-corrected chi connectivity index (χ0v) is 11.5. The Morgan fingerprint density at radius 1 is 1.22 bits per heavy atom. The molecule has 0 saturated carbocycles. The average molecular weight is 252 g/mol. The first-order chi connectivity index (χ1) is 8.79. The largest absolute Gasteiger partial charge is 0.385 e. The Balaban J connectivity index is 1.69. The SMILES string of the molecule is COCCCN1CCN(Cc2ccnn2C)CC1. The van der Waals surface area contributed by atoms with Crippen molar-refractivity contribution < 1.29 is 4.74 Å². The van der Waals surface area contributed by atoms with Gasteiger partial charge in [-0.1, -0.05) is 0 Å². The fraction of sp³-hybridized carbons (Fsp3) is 0.769. The highest BCUT2D eigenvalue weighted by molar-refractivity contribution is 4.99. The van der Waals surface area contributed by atoms with Gasteiger partial charge in [0, 0.05) is 66.2 Å². The number of hydrogen-bond donors (Lipinski definition) is 0. The standard InChI is InChI=1S/C13H24N4O/c1-15-13(4-5-14-15)12-17-9-7-16(8-10-17)6-3-11-18-2/h4-5H,3,6-12H2,1-2H3. The van der Waals surface area contributed by atoms with Gasteiger partial charge in [0.2, 0.25) is 0 Å². The molecule has 0 amide bonds. The molecule has 102 valence electrons. The van der Waals surface area contributed by atoms with Gasteiger partial charge in [-0.3, -0.25) is 9.58 Å². The van der Waals surface area contributed by atoms with Gasteiger partial charge in [0.05, 0.1) is 5.69 Å². The molecule has 1 aliphatic rings. The van der Waals surface area contributed by atoms with Crippen molar-refractivity contribution in [3.63, 3.8) is 0 Å². The molecule has 5 nitrogen and oxygen atoms in total. The Kier molecular flexibility index (Phi) is 5.16. The van der Waals surface area contributed by atoms with Crippen LogP contribution in [0.2, 0.25) is 0 Å². The van der Waals surface area contributed by atoms with E-state index in [4.69, 9.17) is 4.74 Å². The molecule has 0 aromatic carbocycles. The summed E-state index contributed by atoms with van der Waals surface area (Å²) >= 11 is 0. The van der Waals surface area contributed by atoms with E-state index in [-0.39, 0.29) is 0 Å². The molecular formula is C13H24N4O. The zero-order valence-electron chi connectivity index (χ0n) is 11.5. The van der Waals surface area contributed by atoms with E-state index >= 15 is 0 Å². The quantitative estimate of drug-likeness (QED) is 0.693. The van der Waals surface area contributed by atoms with Crippen molar-refractivity contribution in [2.24, 2.45) is 7.05 Å². The molecule has 1 aliphatic heterocycles. The minimum Gasteiger partial charge on any atom is -0.385 e.